The maximum absolute atomic E-state index is 6.16. The van der Waals surface area contributed by atoms with Gasteiger partial charge in [0.1, 0.15) is 0 Å². The summed E-state index contributed by atoms with van der Waals surface area (Å²) in [4.78, 5) is 1.37. The van der Waals surface area contributed by atoms with Crippen molar-refractivity contribution in [3.8, 4) is 0 Å². The van der Waals surface area contributed by atoms with Crippen molar-refractivity contribution in [3.05, 3.63) is 43.0 Å². The molecule has 0 aromatic heterocycles. The summed E-state index contributed by atoms with van der Waals surface area (Å²) in [5.41, 5.74) is 6.16. The molecule has 0 aliphatic carbocycles. The second kappa shape index (κ2) is 4.67. The summed E-state index contributed by atoms with van der Waals surface area (Å²) < 4.78 is 0. The Morgan fingerprint density at radius 2 is 1.93 bits per heavy atom. The first-order valence-corrected chi connectivity index (χ1v) is 7.24. The van der Waals surface area contributed by atoms with Crippen LogP contribution in [0.15, 0.2) is 47.9 Å². The van der Waals surface area contributed by atoms with Gasteiger partial charge in [-0.2, -0.15) is 0 Å². The van der Waals surface area contributed by atoms with E-state index in [4.69, 9.17) is 5.73 Å². The second-order valence-corrected chi connectivity index (χ2v) is 7.67. The van der Waals surface area contributed by atoms with Gasteiger partial charge in [0.2, 0.25) is 0 Å². The Morgan fingerprint density at radius 3 is 2.43 bits per heavy atom. The van der Waals surface area contributed by atoms with Gasteiger partial charge in [0.15, 0.2) is 0 Å². The fraction of sp³-hybridized carbons (Fsp3) is 0.333. The van der Waals surface area contributed by atoms with Gasteiger partial charge in [-0.25, -0.2) is 10.0 Å². The van der Waals surface area contributed by atoms with Crippen molar-refractivity contribution in [2.75, 3.05) is 12.5 Å². The standard InChI is InChI=1S/C12H19NS/c1-4-8-12(13)14(2,3)11-9-6-5-7-10-11/h4-7,9-10,12H,1,8,13H2,2-3H3. The number of nitrogens with two attached hydrogens (primary N) is 1. The number of hydrogen-bond donors (Lipinski definition) is 1. The molecule has 0 radical (unpaired) electrons. The molecule has 14 heavy (non-hydrogen) atoms. The third-order valence-corrected chi connectivity index (χ3v) is 5.70. The Labute approximate surface area is 88.3 Å². The fourth-order valence-electron chi connectivity index (χ4n) is 1.35. The zero-order chi connectivity index (χ0) is 10.6. The van der Waals surface area contributed by atoms with Gasteiger partial charge in [0, 0.05) is 5.37 Å². The van der Waals surface area contributed by atoms with E-state index in [1.54, 1.807) is 0 Å². The first-order valence-electron chi connectivity index (χ1n) is 4.73. The lowest BCUT2D eigenvalue weighted by Crippen LogP contribution is -2.25. The second-order valence-electron chi connectivity index (χ2n) is 3.78. The average molecular weight is 209 g/mol. The van der Waals surface area contributed by atoms with Crippen LogP contribution in [-0.4, -0.2) is 17.9 Å². The highest BCUT2D eigenvalue weighted by Crippen LogP contribution is 2.52. The monoisotopic (exact) mass is 209 g/mol. The van der Waals surface area contributed by atoms with Crippen LogP contribution in [-0.2, 0) is 0 Å². The van der Waals surface area contributed by atoms with Crippen LogP contribution in [0.1, 0.15) is 6.42 Å². The lowest BCUT2D eigenvalue weighted by Gasteiger charge is -2.37. The molecule has 0 saturated heterocycles. The molecule has 0 heterocycles. The van der Waals surface area contributed by atoms with Crippen LogP contribution < -0.4 is 5.73 Å². The molecule has 1 aromatic carbocycles. The van der Waals surface area contributed by atoms with E-state index < -0.39 is 10.0 Å². The van der Waals surface area contributed by atoms with Gasteiger partial charge in [-0.05, 0) is 23.8 Å². The normalized spacial score (nSPS) is 14.8. The highest BCUT2D eigenvalue weighted by atomic mass is 32.3. The maximum Gasteiger partial charge on any atom is 0.0419 e. The molecule has 2 heteroatoms. The van der Waals surface area contributed by atoms with Crippen molar-refractivity contribution in [2.45, 2.75) is 16.7 Å². The molecule has 78 valence electrons. The lowest BCUT2D eigenvalue weighted by molar-refractivity contribution is 0.919. The Hall–Kier alpha value is -0.730. The molecule has 0 aliphatic rings. The van der Waals surface area contributed by atoms with Gasteiger partial charge in [0.05, 0.1) is 0 Å². The van der Waals surface area contributed by atoms with Crippen LogP contribution in [0.5, 0.6) is 0 Å². The van der Waals surface area contributed by atoms with E-state index in [2.05, 4.69) is 43.4 Å². The zero-order valence-electron chi connectivity index (χ0n) is 8.94. The summed E-state index contributed by atoms with van der Waals surface area (Å²) in [6, 6.07) is 10.5. The fourth-order valence-corrected chi connectivity index (χ4v) is 3.18. The SMILES string of the molecule is C=CCC(N)S(C)(C)c1ccccc1. The molecule has 1 atom stereocenters. The van der Waals surface area contributed by atoms with Crippen molar-refractivity contribution in [1.29, 1.82) is 0 Å². The van der Waals surface area contributed by atoms with Gasteiger partial charge < -0.3 is 5.73 Å². The number of benzene rings is 1. The van der Waals surface area contributed by atoms with Crippen molar-refractivity contribution in [1.82, 2.24) is 0 Å². The summed E-state index contributed by atoms with van der Waals surface area (Å²) >= 11 is 0. The van der Waals surface area contributed by atoms with E-state index in [-0.39, 0.29) is 5.37 Å². The summed E-state index contributed by atoms with van der Waals surface area (Å²) in [6.07, 6.45) is 7.31. The van der Waals surface area contributed by atoms with Crippen LogP contribution in [0.2, 0.25) is 0 Å². The quantitative estimate of drug-likeness (QED) is 0.758. The Balaban J connectivity index is 2.89. The number of rotatable bonds is 4. The van der Waals surface area contributed by atoms with Gasteiger partial charge in [-0.3, -0.25) is 0 Å². The summed E-state index contributed by atoms with van der Waals surface area (Å²) in [7, 11) is -0.895. The van der Waals surface area contributed by atoms with E-state index >= 15 is 0 Å². The summed E-state index contributed by atoms with van der Waals surface area (Å²) in [6.45, 7) is 3.74. The third-order valence-electron chi connectivity index (χ3n) is 2.51. The molecule has 1 rings (SSSR count). The Kier molecular flexibility index (Phi) is 3.78. The van der Waals surface area contributed by atoms with Crippen LogP contribution in [0.4, 0.5) is 0 Å². The number of hydrogen-bond acceptors (Lipinski definition) is 1. The third kappa shape index (κ3) is 2.40. The molecule has 0 bridgehead atoms. The van der Waals surface area contributed by atoms with Crippen molar-refractivity contribution in [3.63, 3.8) is 0 Å². The van der Waals surface area contributed by atoms with Crippen LogP contribution in [0.3, 0.4) is 0 Å². The van der Waals surface area contributed by atoms with Crippen LogP contribution >= 0.6 is 10.0 Å². The van der Waals surface area contributed by atoms with Crippen molar-refractivity contribution in [2.24, 2.45) is 5.73 Å². The first-order chi connectivity index (χ1) is 6.59. The molecule has 1 aromatic rings. The molecule has 0 fully saturated rings. The molecular weight excluding hydrogens is 190 g/mol. The van der Waals surface area contributed by atoms with E-state index in [1.165, 1.54) is 4.90 Å². The molecule has 1 unspecified atom stereocenters. The predicted octanol–water partition coefficient (Wildman–Crippen LogP) is 2.97. The molecule has 0 aliphatic heterocycles. The van der Waals surface area contributed by atoms with Gasteiger partial charge in [-0.1, -0.05) is 36.4 Å². The van der Waals surface area contributed by atoms with Crippen molar-refractivity contribution < 1.29 is 0 Å². The molecule has 2 N–H and O–H groups in total. The lowest BCUT2D eigenvalue weighted by atomic mass is 10.4. The largest absolute Gasteiger partial charge is 0.320 e. The smallest absolute Gasteiger partial charge is 0.0419 e. The van der Waals surface area contributed by atoms with Gasteiger partial charge in [-0.15, -0.1) is 6.58 Å². The summed E-state index contributed by atoms with van der Waals surface area (Å²) in [5, 5.41) is 0.211. The zero-order valence-corrected chi connectivity index (χ0v) is 9.76. The Morgan fingerprint density at radius 1 is 1.36 bits per heavy atom. The first kappa shape index (κ1) is 11.3. The minimum absolute atomic E-state index is 0.211. The van der Waals surface area contributed by atoms with E-state index in [1.807, 2.05) is 12.1 Å². The minimum atomic E-state index is -0.895. The van der Waals surface area contributed by atoms with Gasteiger partial charge >= 0.3 is 0 Å². The molecular formula is C12H19NS. The topological polar surface area (TPSA) is 26.0 Å². The van der Waals surface area contributed by atoms with Crippen LogP contribution in [0, 0.1) is 0 Å². The minimum Gasteiger partial charge on any atom is -0.320 e. The van der Waals surface area contributed by atoms with E-state index in [0.717, 1.165) is 6.42 Å². The molecule has 0 saturated carbocycles. The highest BCUT2D eigenvalue weighted by Gasteiger charge is 2.21. The van der Waals surface area contributed by atoms with Crippen LogP contribution in [0.25, 0.3) is 0 Å². The molecule has 0 amide bonds. The van der Waals surface area contributed by atoms with E-state index in [0.29, 0.717) is 0 Å². The average Bonchev–Trinajstić information content (AvgIpc) is 2.19. The molecule has 0 spiro atoms. The van der Waals surface area contributed by atoms with Crippen molar-refractivity contribution >= 4 is 10.0 Å². The van der Waals surface area contributed by atoms with E-state index in [9.17, 15) is 0 Å². The highest BCUT2D eigenvalue weighted by molar-refractivity contribution is 8.33. The Bertz CT molecular complexity index is 292. The predicted molar refractivity (Wildman–Crippen MR) is 66.9 cm³/mol. The van der Waals surface area contributed by atoms with Gasteiger partial charge in [0.25, 0.3) is 0 Å². The maximum atomic E-state index is 6.16. The summed E-state index contributed by atoms with van der Waals surface area (Å²) in [5.74, 6) is 0. The molecule has 1 nitrogen and oxygen atoms in total.